The molecule has 0 spiro atoms. The number of nitrogens with two attached hydrogens (primary N) is 1. The Morgan fingerprint density at radius 2 is 1.88 bits per heavy atom. The summed E-state index contributed by atoms with van der Waals surface area (Å²) in [5.41, 5.74) is 6.78. The van der Waals surface area contributed by atoms with Crippen LogP contribution in [-0.2, 0) is 6.54 Å². The predicted molar refractivity (Wildman–Crippen MR) is 127 cm³/mol. The summed E-state index contributed by atoms with van der Waals surface area (Å²) in [5.74, 6) is 0.683. The SMILES string of the molecule is CC(C)[C@@H]1CC[C@@H](C)C[C@H]1C(O)n1c(=O)n(CCN)c2cc(C(=O)NC(CO)CO)ccc21. The number of aromatic nitrogens is 2. The first-order chi connectivity index (χ1) is 15.7. The third kappa shape index (κ3) is 5.16. The van der Waals surface area contributed by atoms with Gasteiger partial charge in [-0.1, -0.05) is 27.2 Å². The highest BCUT2D eigenvalue weighted by molar-refractivity contribution is 5.97. The highest BCUT2D eigenvalue weighted by Gasteiger charge is 2.37. The van der Waals surface area contributed by atoms with Crippen LogP contribution in [0.15, 0.2) is 23.0 Å². The van der Waals surface area contributed by atoms with E-state index in [2.05, 4.69) is 26.1 Å². The zero-order chi connectivity index (χ0) is 24.3. The lowest BCUT2D eigenvalue weighted by Gasteiger charge is -2.40. The van der Waals surface area contributed by atoms with E-state index in [9.17, 15) is 24.9 Å². The van der Waals surface area contributed by atoms with E-state index in [0.717, 1.165) is 19.3 Å². The van der Waals surface area contributed by atoms with Gasteiger partial charge in [0.15, 0.2) is 0 Å². The number of aliphatic hydroxyl groups excluding tert-OH is 3. The fraction of sp³-hybridized carbons (Fsp3) is 0.667. The van der Waals surface area contributed by atoms with Crippen LogP contribution >= 0.6 is 0 Å². The van der Waals surface area contributed by atoms with Crippen molar-refractivity contribution in [3.63, 3.8) is 0 Å². The van der Waals surface area contributed by atoms with Crippen molar-refractivity contribution in [2.75, 3.05) is 19.8 Å². The maximum absolute atomic E-state index is 13.4. The monoisotopic (exact) mass is 462 g/mol. The standard InChI is InChI=1S/C24H38N4O5/c1-14(2)18-6-4-15(3)10-19(18)23(32)28-20-7-5-16(22(31)26-17(12-29)13-30)11-21(20)27(9-8-25)24(28)33/h5,7,11,14-15,17-19,23,29-30,32H,4,6,8-10,12-13,25H2,1-3H3,(H,26,31)/t15-,18+,19-,23?/m1/s1. The summed E-state index contributed by atoms with van der Waals surface area (Å²) in [7, 11) is 0. The smallest absolute Gasteiger partial charge is 0.331 e. The molecule has 0 radical (unpaired) electrons. The molecule has 0 bridgehead atoms. The minimum Gasteiger partial charge on any atom is -0.394 e. The molecule has 1 aromatic carbocycles. The van der Waals surface area contributed by atoms with Gasteiger partial charge >= 0.3 is 5.69 Å². The molecule has 0 saturated heterocycles. The molecule has 4 atom stereocenters. The van der Waals surface area contributed by atoms with Crippen LogP contribution in [0, 0.1) is 23.7 Å². The Morgan fingerprint density at radius 1 is 1.18 bits per heavy atom. The number of benzene rings is 1. The molecule has 6 N–H and O–H groups in total. The van der Waals surface area contributed by atoms with Gasteiger partial charge in [0, 0.05) is 24.6 Å². The second-order valence-electron chi connectivity index (χ2n) is 9.74. The summed E-state index contributed by atoms with van der Waals surface area (Å²) in [6.45, 7) is 6.23. The van der Waals surface area contributed by atoms with Crippen molar-refractivity contribution in [3.05, 3.63) is 34.2 Å². The summed E-state index contributed by atoms with van der Waals surface area (Å²) >= 11 is 0. The lowest BCUT2D eigenvalue weighted by molar-refractivity contribution is -0.0297. The topological polar surface area (TPSA) is 143 Å². The van der Waals surface area contributed by atoms with Crippen LogP contribution in [0.5, 0.6) is 0 Å². The van der Waals surface area contributed by atoms with Crippen LogP contribution in [0.1, 0.15) is 56.6 Å². The number of carbonyl (C=O) groups is 1. The minimum absolute atomic E-state index is 0.0405. The average molecular weight is 463 g/mol. The van der Waals surface area contributed by atoms with Crippen molar-refractivity contribution >= 4 is 16.9 Å². The molecule has 184 valence electrons. The number of hydrogen-bond acceptors (Lipinski definition) is 6. The first-order valence-corrected chi connectivity index (χ1v) is 11.9. The zero-order valence-electron chi connectivity index (χ0n) is 19.8. The van der Waals surface area contributed by atoms with E-state index in [0.29, 0.717) is 28.8 Å². The fourth-order valence-corrected chi connectivity index (χ4v) is 5.25. The average Bonchev–Trinajstić information content (AvgIpc) is 3.07. The molecule has 1 saturated carbocycles. The lowest BCUT2D eigenvalue weighted by Crippen LogP contribution is -2.40. The quantitative estimate of drug-likeness (QED) is 0.377. The normalized spacial score (nSPS) is 22.3. The molecule has 2 aromatic rings. The number of carbonyl (C=O) groups excluding carboxylic acids is 1. The maximum Gasteiger partial charge on any atom is 0.331 e. The van der Waals surface area contributed by atoms with Gasteiger partial charge in [0.25, 0.3) is 5.91 Å². The number of fused-ring (bicyclic) bond motifs is 1. The molecule has 1 aromatic heterocycles. The van der Waals surface area contributed by atoms with Crippen molar-refractivity contribution in [2.45, 2.75) is 58.8 Å². The Kier molecular flexibility index (Phi) is 8.33. The molecular weight excluding hydrogens is 424 g/mol. The van der Waals surface area contributed by atoms with Gasteiger partial charge in [-0.2, -0.15) is 0 Å². The Bertz CT molecular complexity index is 1010. The predicted octanol–water partition coefficient (Wildman–Crippen LogP) is 1.04. The third-order valence-corrected chi connectivity index (χ3v) is 7.07. The van der Waals surface area contributed by atoms with Gasteiger partial charge in [-0.05, 0) is 48.8 Å². The molecule has 1 heterocycles. The van der Waals surface area contributed by atoms with Crippen molar-refractivity contribution in [1.29, 1.82) is 0 Å². The minimum atomic E-state index is -0.970. The van der Waals surface area contributed by atoms with E-state index >= 15 is 0 Å². The van der Waals surface area contributed by atoms with Crippen LogP contribution in [0.2, 0.25) is 0 Å². The van der Waals surface area contributed by atoms with Crippen molar-refractivity contribution in [2.24, 2.45) is 29.4 Å². The molecule has 1 unspecified atom stereocenters. The molecule has 9 nitrogen and oxygen atoms in total. The van der Waals surface area contributed by atoms with Gasteiger partial charge in [0.2, 0.25) is 0 Å². The Balaban J connectivity index is 2.06. The Hall–Kier alpha value is -2.20. The number of rotatable bonds is 9. The van der Waals surface area contributed by atoms with E-state index in [4.69, 9.17) is 5.73 Å². The molecule has 9 heteroatoms. The summed E-state index contributed by atoms with van der Waals surface area (Å²) in [5, 5.41) is 32.5. The summed E-state index contributed by atoms with van der Waals surface area (Å²) in [6, 6.07) is 4.08. The van der Waals surface area contributed by atoms with Gasteiger partial charge in [0.1, 0.15) is 6.23 Å². The highest BCUT2D eigenvalue weighted by atomic mass is 16.3. The molecule has 33 heavy (non-hydrogen) atoms. The van der Waals surface area contributed by atoms with E-state index in [1.165, 1.54) is 9.13 Å². The van der Waals surface area contributed by atoms with Crippen LogP contribution in [-0.4, -0.2) is 56.2 Å². The molecule has 1 aliphatic carbocycles. The first kappa shape index (κ1) is 25.4. The van der Waals surface area contributed by atoms with E-state index in [1.54, 1.807) is 18.2 Å². The van der Waals surface area contributed by atoms with Gasteiger partial charge < -0.3 is 26.4 Å². The van der Waals surface area contributed by atoms with Gasteiger partial charge in [-0.3, -0.25) is 13.9 Å². The largest absolute Gasteiger partial charge is 0.394 e. The van der Waals surface area contributed by atoms with Crippen LogP contribution in [0.4, 0.5) is 0 Å². The van der Waals surface area contributed by atoms with E-state index < -0.39 is 18.2 Å². The number of imidazole rings is 1. The number of hydrogen-bond donors (Lipinski definition) is 5. The summed E-state index contributed by atoms with van der Waals surface area (Å²) in [6.07, 6.45) is 2.03. The van der Waals surface area contributed by atoms with Crippen LogP contribution in [0.25, 0.3) is 11.0 Å². The first-order valence-electron chi connectivity index (χ1n) is 11.9. The molecular formula is C24H38N4O5. The Morgan fingerprint density at radius 3 is 2.48 bits per heavy atom. The molecule has 1 aliphatic rings. The summed E-state index contributed by atoms with van der Waals surface area (Å²) < 4.78 is 2.95. The fourth-order valence-electron chi connectivity index (χ4n) is 5.25. The van der Waals surface area contributed by atoms with Crippen molar-refractivity contribution in [3.8, 4) is 0 Å². The van der Waals surface area contributed by atoms with Gasteiger partial charge in [-0.25, -0.2) is 4.79 Å². The number of amides is 1. The van der Waals surface area contributed by atoms with Crippen LogP contribution < -0.4 is 16.7 Å². The molecule has 0 aliphatic heterocycles. The summed E-state index contributed by atoms with van der Waals surface area (Å²) in [4.78, 5) is 26.0. The third-order valence-electron chi connectivity index (χ3n) is 7.07. The van der Waals surface area contributed by atoms with E-state index in [1.807, 2.05) is 0 Å². The Labute approximate surface area is 194 Å². The second kappa shape index (κ2) is 10.8. The number of nitrogens with one attached hydrogen (secondary N) is 1. The highest BCUT2D eigenvalue weighted by Crippen LogP contribution is 2.43. The van der Waals surface area contributed by atoms with Gasteiger partial charge in [0.05, 0.1) is 30.3 Å². The maximum atomic E-state index is 13.4. The van der Waals surface area contributed by atoms with E-state index in [-0.39, 0.29) is 43.5 Å². The molecule has 3 rings (SSSR count). The van der Waals surface area contributed by atoms with Crippen LogP contribution in [0.3, 0.4) is 0 Å². The number of nitrogens with zero attached hydrogens (tertiary/aromatic N) is 2. The number of aliphatic hydroxyl groups is 3. The second-order valence-corrected chi connectivity index (χ2v) is 9.74. The molecule has 1 amide bonds. The molecule has 1 fully saturated rings. The van der Waals surface area contributed by atoms with Gasteiger partial charge in [-0.15, -0.1) is 0 Å². The zero-order valence-corrected chi connectivity index (χ0v) is 19.8. The van der Waals surface area contributed by atoms with Crippen molar-refractivity contribution in [1.82, 2.24) is 14.5 Å². The van der Waals surface area contributed by atoms with Crippen molar-refractivity contribution < 1.29 is 20.1 Å². The lowest BCUT2D eigenvalue weighted by atomic mass is 9.69.